The molecule has 0 aromatic carbocycles. The van der Waals surface area contributed by atoms with Gasteiger partial charge in [-0.2, -0.15) is 0 Å². The van der Waals surface area contributed by atoms with E-state index in [0.717, 1.165) is 6.54 Å². The second-order valence-corrected chi connectivity index (χ2v) is 7.05. The van der Waals surface area contributed by atoms with Gasteiger partial charge in [0.25, 0.3) is 0 Å². The minimum absolute atomic E-state index is 0.312. The van der Waals surface area contributed by atoms with Crippen LogP contribution in [0.2, 0.25) is 0 Å². The van der Waals surface area contributed by atoms with Crippen LogP contribution in [0.15, 0.2) is 0 Å². The maximum absolute atomic E-state index is 6.29. The highest BCUT2D eigenvalue weighted by Gasteiger charge is 2.41. The molecular weight excluding hydrogens is 337 g/mol. The van der Waals surface area contributed by atoms with Gasteiger partial charge in [0, 0.05) is 6.54 Å². The highest BCUT2D eigenvalue weighted by Crippen LogP contribution is 2.43. The Kier molecular flexibility index (Phi) is 6.73. The third-order valence-corrected chi connectivity index (χ3v) is 5.23. The van der Waals surface area contributed by atoms with Gasteiger partial charge in [-0.25, -0.2) is 0 Å². The van der Waals surface area contributed by atoms with E-state index in [4.69, 9.17) is 4.74 Å². The average molecular weight is 365 g/mol. The van der Waals surface area contributed by atoms with Crippen LogP contribution in [0.5, 0.6) is 0 Å². The molecule has 0 aromatic rings. The van der Waals surface area contributed by atoms with Gasteiger partial charge in [-0.1, -0.05) is 48.3 Å². The van der Waals surface area contributed by atoms with Gasteiger partial charge < -0.3 is 10.1 Å². The molecule has 106 valence electrons. The van der Waals surface area contributed by atoms with Crippen LogP contribution in [-0.4, -0.2) is 29.2 Å². The number of halogens is 1. The predicted molar refractivity (Wildman–Crippen MR) is 85.5 cm³/mol. The number of alkyl halides is 1. The van der Waals surface area contributed by atoms with Crippen molar-refractivity contribution in [2.24, 2.45) is 0 Å². The molecule has 0 radical (unpaired) electrons. The molecule has 2 aliphatic rings. The van der Waals surface area contributed by atoms with Gasteiger partial charge in [-0.05, 0) is 49.5 Å². The monoisotopic (exact) mass is 365 g/mol. The Morgan fingerprint density at radius 1 is 1.06 bits per heavy atom. The van der Waals surface area contributed by atoms with E-state index in [-0.39, 0.29) is 0 Å². The zero-order chi connectivity index (χ0) is 12.7. The molecule has 1 aliphatic heterocycles. The Hall–Kier alpha value is 0.650. The number of ether oxygens (including phenoxy) is 1. The third kappa shape index (κ3) is 4.64. The topological polar surface area (TPSA) is 21.3 Å². The highest BCUT2D eigenvalue weighted by molar-refractivity contribution is 14.1. The Morgan fingerprint density at radius 3 is 2.61 bits per heavy atom. The van der Waals surface area contributed by atoms with Crippen LogP contribution in [0.3, 0.4) is 0 Å². The Balaban J connectivity index is 1.48. The maximum atomic E-state index is 6.29. The molecule has 1 heterocycles. The first-order valence-corrected chi connectivity index (χ1v) is 9.32. The summed E-state index contributed by atoms with van der Waals surface area (Å²) in [5.41, 5.74) is 0.312. The lowest BCUT2D eigenvalue weighted by molar-refractivity contribution is -0.0350. The van der Waals surface area contributed by atoms with Gasteiger partial charge in [0.15, 0.2) is 0 Å². The zero-order valence-corrected chi connectivity index (χ0v) is 13.7. The van der Waals surface area contributed by atoms with Crippen molar-refractivity contribution in [3.63, 3.8) is 0 Å². The summed E-state index contributed by atoms with van der Waals surface area (Å²) in [5, 5.41) is 3.58. The number of hydrogen-bond donors (Lipinski definition) is 1. The van der Waals surface area contributed by atoms with Crippen molar-refractivity contribution in [2.45, 2.75) is 75.9 Å². The predicted octanol–water partition coefficient (Wildman–Crippen LogP) is 4.06. The fourth-order valence-electron chi connectivity index (χ4n) is 3.39. The molecule has 2 nitrogen and oxygen atoms in total. The molecule has 1 aliphatic carbocycles. The van der Waals surface area contributed by atoms with Gasteiger partial charge in [0.1, 0.15) is 0 Å². The lowest BCUT2D eigenvalue weighted by atomic mass is 9.98. The summed E-state index contributed by atoms with van der Waals surface area (Å²) in [6.07, 6.45) is 14.0. The molecule has 2 rings (SSSR count). The SMILES string of the molecule is ICCCCCCNCC1CCC2(CCCC2)O1. The number of nitrogens with one attached hydrogen (secondary N) is 1. The molecule has 0 amide bonds. The lowest BCUT2D eigenvalue weighted by Crippen LogP contribution is -2.31. The molecule has 2 fully saturated rings. The van der Waals surface area contributed by atoms with E-state index in [1.54, 1.807) is 0 Å². The van der Waals surface area contributed by atoms with Crippen LogP contribution < -0.4 is 5.32 Å². The molecule has 18 heavy (non-hydrogen) atoms. The van der Waals surface area contributed by atoms with E-state index in [1.165, 1.54) is 75.2 Å². The molecule has 3 heteroatoms. The number of hydrogen-bond acceptors (Lipinski definition) is 2. The molecule has 0 bridgehead atoms. The summed E-state index contributed by atoms with van der Waals surface area (Å²) < 4.78 is 7.60. The van der Waals surface area contributed by atoms with Crippen LogP contribution in [0.1, 0.15) is 64.2 Å². The Bertz CT molecular complexity index is 229. The van der Waals surface area contributed by atoms with Crippen LogP contribution in [0, 0.1) is 0 Å². The summed E-state index contributed by atoms with van der Waals surface area (Å²) in [6, 6.07) is 0. The smallest absolute Gasteiger partial charge is 0.0708 e. The van der Waals surface area contributed by atoms with Gasteiger partial charge in [-0.15, -0.1) is 0 Å². The van der Waals surface area contributed by atoms with Crippen molar-refractivity contribution < 1.29 is 4.74 Å². The normalized spacial score (nSPS) is 26.2. The third-order valence-electron chi connectivity index (χ3n) is 4.46. The molecule has 0 aromatic heterocycles. The van der Waals surface area contributed by atoms with E-state index in [2.05, 4.69) is 27.9 Å². The van der Waals surface area contributed by atoms with Crippen LogP contribution >= 0.6 is 22.6 Å². The van der Waals surface area contributed by atoms with E-state index < -0.39 is 0 Å². The summed E-state index contributed by atoms with van der Waals surface area (Å²) >= 11 is 2.46. The first kappa shape index (κ1) is 15.0. The second kappa shape index (κ2) is 8.05. The molecule has 1 saturated carbocycles. The fourth-order valence-corrected chi connectivity index (χ4v) is 3.93. The van der Waals surface area contributed by atoms with Crippen molar-refractivity contribution in [2.75, 3.05) is 17.5 Å². The van der Waals surface area contributed by atoms with Crippen molar-refractivity contribution in [1.82, 2.24) is 5.32 Å². The summed E-state index contributed by atoms with van der Waals surface area (Å²) in [6.45, 7) is 2.25. The quantitative estimate of drug-likeness (QED) is 0.398. The molecule has 1 spiro atoms. The van der Waals surface area contributed by atoms with E-state index in [9.17, 15) is 0 Å². The first-order valence-electron chi connectivity index (χ1n) is 7.79. The van der Waals surface area contributed by atoms with Gasteiger partial charge >= 0.3 is 0 Å². The van der Waals surface area contributed by atoms with Gasteiger partial charge in [0.05, 0.1) is 11.7 Å². The van der Waals surface area contributed by atoms with Crippen molar-refractivity contribution in [1.29, 1.82) is 0 Å². The summed E-state index contributed by atoms with van der Waals surface area (Å²) in [7, 11) is 0. The fraction of sp³-hybridized carbons (Fsp3) is 1.00. The molecule has 1 saturated heterocycles. The van der Waals surface area contributed by atoms with Crippen molar-refractivity contribution >= 4 is 22.6 Å². The highest BCUT2D eigenvalue weighted by atomic mass is 127. The van der Waals surface area contributed by atoms with Crippen LogP contribution in [0.25, 0.3) is 0 Å². The van der Waals surface area contributed by atoms with Crippen LogP contribution in [-0.2, 0) is 4.74 Å². The second-order valence-electron chi connectivity index (χ2n) is 5.98. The van der Waals surface area contributed by atoms with E-state index >= 15 is 0 Å². The van der Waals surface area contributed by atoms with Crippen molar-refractivity contribution in [3.8, 4) is 0 Å². The molecule has 1 unspecified atom stereocenters. The summed E-state index contributed by atoms with van der Waals surface area (Å²) in [4.78, 5) is 0. The minimum atomic E-state index is 0.312. The summed E-state index contributed by atoms with van der Waals surface area (Å²) in [5.74, 6) is 0. The zero-order valence-electron chi connectivity index (χ0n) is 11.6. The maximum Gasteiger partial charge on any atom is 0.0708 e. The number of unbranched alkanes of at least 4 members (excludes halogenated alkanes) is 3. The number of rotatable bonds is 8. The molecule has 1 atom stereocenters. The molecule has 1 N–H and O–H groups in total. The minimum Gasteiger partial charge on any atom is -0.370 e. The van der Waals surface area contributed by atoms with Crippen molar-refractivity contribution in [3.05, 3.63) is 0 Å². The largest absolute Gasteiger partial charge is 0.370 e. The lowest BCUT2D eigenvalue weighted by Gasteiger charge is -2.23. The average Bonchev–Trinajstić information content (AvgIpc) is 3.00. The standard InChI is InChI=1S/C15H28INO/c16-11-5-1-2-6-12-17-13-14-7-10-15(18-14)8-3-4-9-15/h14,17H,1-13H2. The Labute approximate surface area is 126 Å². The molecular formula is C15H28INO. The Morgan fingerprint density at radius 2 is 1.83 bits per heavy atom. The first-order chi connectivity index (χ1) is 8.85. The van der Waals surface area contributed by atoms with Gasteiger partial charge in [-0.3, -0.25) is 0 Å². The van der Waals surface area contributed by atoms with Gasteiger partial charge in [0.2, 0.25) is 0 Å². The van der Waals surface area contributed by atoms with E-state index in [1.807, 2.05) is 0 Å². The van der Waals surface area contributed by atoms with E-state index in [0.29, 0.717) is 11.7 Å². The van der Waals surface area contributed by atoms with Crippen LogP contribution in [0.4, 0.5) is 0 Å².